The van der Waals surface area contributed by atoms with Gasteiger partial charge in [-0.1, -0.05) is 6.07 Å². The molecule has 2 aromatic rings. The fourth-order valence-corrected chi connectivity index (χ4v) is 2.03. The molecule has 2 amide bonds. The lowest BCUT2D eigenvalue weighted by Crippen LogP contribution is -2.34. The van der Waals surface area contributed by atoms with Gasteiger partial charge < -0.3 is 19.9 Å². The monoisotopic (exact) mass is 275 g/mol. The molecule has 0 bridgehead atoms. The van der Waals surface area contributed by atoms with Gasteiger partial charge >= 0.3 is 6.03 Å². The van der Waals surface area contributed by atoms with E-state index in [1.165, 1.54) is 5.39 Å². The van der Waals surface area contributed by atoms with Crippen LogP contribution in [0, 0.1) is 0 Å². The summed E-state index contributed by atoms with van der Waals surface area (Å²) in [4.78, 5) is 11.8. The number of carbonyl (C=O) groups excluding carboxylic acids is 1. The molecule has 0 fully saturated rings. The van der Waals surface area contributed by atoms with Crippen molar-refractivity contribution in [2.75, 3.05) is 19.0 Å². The molecule has 1 aromatic carbocycles. The number of carbonyl (C=O) groups is 1. The number of methoxy groups -OCH3 is 1. The van der Waals surface area contributed by atoms with Crippen molar-refractivity contribution in [2.24, 2.45) is 0 Å². The number of benzene rings is 1. The number of aryl methyl sites for hydroxylation is 1. The van der Waals surface area contributed by atoms with Gasteiger partial charge in [0.15, 0.2) is 0 Å². The summed E-state index contributed by atoms with van der Waals surface area (Å²) in [6.07, 6.45) is 2.05. The van der Waals surface area contributed by atoms with Gasteiger partial charge in [-0.25, -0.2) is 4.79 Å². The number of ether oxygens (including phenoxy) is 1. The predicted molar refractivity (Wildman–Crippen MR) is 81.1 cm³/mol. The zero-order valence-corrected chi connectivity index (χ0v) is 12.1. The van der Waals surface area contributed by atoms with E-state index in [2.05, 4.69) is 34.4 Å². The highest BCUT2D eigenvalue weighted by Crippen LogP contribution is 2.20. The van der Waals surface area contributed by atoms with Crippen molar-refractivity contribution in [3.8, 4) is 0 Å². The number of anilines is 1. The summed E-state index contributed by atoms with van der Waals surface area (Å²) in [5.74, 6) is 0. The Kier molecular flexibility index (Phi) is 4.63. The van der Waals surface area contributed by atoms with Crippen LogP contribution in [0.15, 0.2) is 30.5 Å². The summed E-state index contributed by atoms with van der Waals surface area (Å²) in [5, 5.41) is 6.78. The van der Waals surface area contributed by atoms with E-state index in [4.69, 9.17) is 4.74 Å². The Morgan fingerprint density at radius 1 is 1.40 bits per heavy atom. The Labute approximate surface area is 118 Å². The first kappa shape index (κ1) is 14.4. The lowest BCUT2D eigenvalue weighted by molar-refractivity contribution is 0.119. The summed E-state index contributed by atoms with van der Waals surface area (Å²) >= 11 is 0. The molecule has 5 heteroatoms. The summed E-state index contributed by atoms with van der Waals surface area (Å²) in [6, 6.07) is 7.75. The van der Waals surface area contributed by atoms with Crippen LogP contribution in [0.1, 0.15) is 13.8 Å². The van der Waals surface area contributed by atoms with Crippen molar-refractivity contribution >= 4 is 22.6 Å². The topological polar surface area (TPSA) is 55.3 Å². The van der Waals surface area contributed by atoms with Crippen molar-refractivity contribution < 1.29 is 9.53 Å². The van der Waals surface area contributed by atoms with Crippen LogP contribution < -0.4 is 10.6 Å². The molecule has 2 N–H and O–H groups in total. The Bertz CT molecular complexity index is 592. The van der Waals surface area contributed by atoms with E-state index in [9.17, 15) is 4.79 Å². The third kappa shape index (κ3) is 3.30. The minimum Gasteiger partial charge on any atom is -0.380 e. The largest absolute Gasteiger partial charge is 0.380 e. The van der Waals surface area contributed by atoms with Crippen molar-refractivity contribution in [2.45, 2.75) is 26.5 Å². The molecule has 2 rings (SSSR count). The maximum Gasteiger partial charge on any atom is 0.319 e. The Morgan fingerprint density at radius 3 is 2.90 bits per heavy atom. The Hall–Kier alpha value is -2.01. The van der Waals surface area contributed by atoms with Crippen LogP contribution in [0.5, 0.6) is 0 Å². The van der Waals surface area contributed by atoms with E-state index in [-0.39, 0.29) is 12.1 Å². The van der Waals surface area contributed by atoms with Crippen LogP contribution in [0.2, 0.25) is 0 Å². The van der Waals surface area contributed by atoms with E-state index < -0.39 is 0 Å². The molecule has 0 saturated carbocycles. The number of hydrogen-bond acceptors (Lipinski definition) is 2. The van der Waals surface area contributed by atoms with Gasteiger partial charge in [0, 0.05) is 32.1 Å². The number of rotatable bonds is 5. The Balaban J connectivity index is 2.04. The maximum atomic E-state index is 11.8. The van der Waals surface area contributed by atoms with Gasteiger partial charge in [-0.15, -0.1) is 0 Å². The molecule has 108 valence electrons. The molecule has 0 saturated heterocycles. The van der Waals surface area contributed by atoms with Gasteiger partial charge in [0.1, 0.15) is 0 Å². The van der Waals surface area contributed by atoms with E-state index in [1.807, 2.05) is 25.1 Å². The molecule has 0 unspecified atom stereocenters. The van der Waals surface area contributed by atoms with Gasteiger partial charge in [0.2, 0.25) is 0 Å². The predicted octanol–water partition coefficient (Wildman–Crippen LogP) is 2.82. The lowest BCUT2D eigenvalue weighted by atomic mass is 10.2. The first-order valence-electron chi connectivity index (χ1n) is 6.80. The van der Waals surface area contributed by atoms with Crippen LogP contribution in [0.4, 0.5) is 10.5 Å². The minimum absolute atomic E-state index is 0.000512. The minimum atomic E-state index is -0.220. The van der Waals surface area contributed by atoms with Crippen LogP contribution >= 0.6 is 0 Å². The summed E-state index contributed by atoms with van der Waals surface area (Å²) < 4.78 is 7.23. The fraction of sp³-hybridized carbons (Fsp3) is 0.400. The first-order valence-corrected chi connectivity index (χ1v) is 6.80. The smallest absolute Gasteiger partial charge is 0.319 e. The highest BCUT2D eigenvalue weighted by atomic mass is 16.5. The molecular weight excluding hydrogens is 254 g/mol. The quantitative estimate of drug-likeness (QED) is 0.881. The van der Waals surface area contributed by atoms with E-state index in [0.717, 1.165) is 17.7 Å². The van der Waals surface area contributed by atoms with E-state index in [0.29, 0.717) is 6.54 Å². The molecular formula is C15H21N3O2. The average Bonchev–Trinajstić information content (AvgIpc) is 2.87. The first-order chi connectivity index (χ1) is 9.63. The van der Waals surface area contributed by atoms with Gasteiger partial charge in [-0.2, -0.15) is 0 Å². The number of fused-ring (bicyclic) bond motifs is 1. The van der Waals surface area contributed by atoms with Crippen molar-refractivity contribution in [1.29, 1.82) is 0 Å². The van der Waals surface area contributed by atoms with Gasteiger partial charge in [-0.05, 0) is 37.4 Å². The van der Waals surface area contributed by atoms with Crippen molar-refractivity contribution in [1.82, 2.24) is 9.88 Å². The second-order valence-electron chi connectivity index (χ2n) is 4.76. The van der Waals surface area contributed by atoms with Crippen LogP contribution in [-0.4, -0.2) is 30.4 Å². The van der Waals surface area contributed by atoms with Crippen molar-refractivity contribution in [3.05, 3.63) is 30.5 Å². The molecule has 0 spiro atoms. The number of urea groups is 1. The summed E-state index contributed by atoms with van der Waals surface area (Å²) in [7, 11) is 1.62. The summed E-state index contributed by atoms with van der Waals surface area (Å²) in [5.41, 5.74) is 1.91. The number of nitrogens with zero attached hydrogens (tertiary/aromatic N) is 1. The lowest BCUT2D eigenvalue weighted by Gasteiger charge is -2.12. The second-order valence-corrected chi connectivity index (χ2v) is 4.76. The van der Waals surface area contributed by atoms with E-state index in [1.54, 1.807) is 7.11 Å². The standard InChI is InChI=1S/C15H21N3O2/c1-4-18-8-7-12-5-6-13(9-14(12)18)17-15(19)16-10-11(2)20-3/h5-9,11H,4,10H2,1-3H3,(H2,16,17,19)/t11-/m0/s1. The zero-order chi connectivity index (χ0) is 14.5. The van der Waals surface area contributed by atoms with Gasteiger partial charge in [-0.3, -0.25) is 0 Å². The molecule has 0 aliphatic rings. The molecule has 5 nitrogen and oxygen atoms in total. The highest BCUT2D eigenvalue weighted by Gasteiger charge is 2.06. The van der Waals surface area contributed by atoms with Gasteiger partial charge in [0.25, 0.3) is 0 Å². The highest BCUT2D eigenvalue weighted by molar-refractivity contribution is 5.92. The van der Waals surface area contributed by atoms with Crippen LogP contribution in [0.25, 0.3) is 10.9 Å². The molecule has 20 heavy (non-hydrogen) atoms. The van der Waals surface area contributed by atoms with Crippen LogP contribution in [-0.2, 0) is 11.3 Å². The number of hydrogen-bond donors (Lipinski definition) is 2. The second kappa shape index (κ2) is 6.43. The van der Waals surface area contributed by atoms with E-state index >= 15 is 0 Å². The van der Waals surface area contributed by atoms with Gasteiger partial charge in [0.05, 0.1) is 11.6 Å². The zero-order valence-electron chi connectivity index (χ0n) is 12.1. The molecule has 1 heterocycles. The summed E-state index contributed by atoms with van der Waals surface area (Å²) in [6.45, 7) is 5.39. The molecule has 0 radical (unpaired) electrons. The van der Waals surface area contributed by atoms with Crippen molar-refractivity contribution in [3.63, 3.8) is 0 Å². The van der Waals surface area contributed by atoms with Crippen LogP contribution in [0.3, 0.4) is 0 Å². The fourth-order valence-electron chi connectivity index (χ4n) is 2.03. The third-order valence-electron chi connectivity index (χ3n) is 3.32. The molecule has 0 aliphatic carbocycles. The normalized spacial score (nSPS) is 12.3. The third-order valence-corrected chi connectivity index (χ3v) is 3.32. The number of nitrogens with one attached hydrogen (secondary N) is 2. The Morgan fingerprint density at radius 2 is 2.20 bits per heavy atom. The molecule has 1 aromatic heterocycles. The molecule has 1 atom stereocenters. The number of aromatic nitrogens is 1. The SMILES string of the molecule is CCn1ccc2ccc(NC(=O)NC[C@H](C)OC)cc21. The maximum absolute atomic E-state index is 11.8. The average molecular weight is 275 g/mol. The molecule has 0 aliphatic heterocycles. The number of amides is 2.